The molecule has 2 N–H and O–H groups in total. The number of aliphatic imine (C=N–C) groups is 1. The van der Waals surface area contributed by atoms with Gasteiger partial charge in [-0.2, -0.15) is 5.26 Å². The first kappa shape index (κ1) is 21.8. The van der Waals surface area contributed by atoms with E-state index in [4.69, 9.17) is 0 Å². The van der Waals surface area contributed by atoms with Gasteiger partial charge in [-0.05, 0) is 44.0 Å². The Hall–Kier alpha value is -2.85. The highest BCUT2D eigenvalue weighted by molar-refractivity contribution is 7.85. The Bertz CT molecular complexity index is 909. The molecule has 3 rings (SSSR count). The molecule has 1 aliphatic heterocycles. The summed E-state index contributed by atoms with van der Waals surface area (Å²) < 4.78 is 12.4. The van der Waals surface area contributed by atoms with Gasteiger partial charge in [0.2, 0.25) is 0 Å². The second kappa shape index (κ2) is 11.4. The predicted molar refractivity (Wildman–Crippen MR) is 123 cm³/mol. The molecule has 0 saturated carbocycles. The molecule has 2 atom stereocenters. The molecular weight excluding hydrogens is 394 g/mol. The number of piperidine rings is 1. The molecule has 30 heavy (non-hydrogen) atoms. The number of para-hydroxylation sites is 1. The molecule has 1 aliphatic rings. The molecule has 158 valence electrons. The number of guanidine groups is 1. The van der Waals surface area contributed by atoms with Crippen molar-refractivity contribution in [2.75, 3.05) is 36.8 Å². The molecular formula is C23H29N5OS. The fourth-order valence-corrected chi connectivity index (χ4v) is 4.56. The molecule has 2 aromatic carbocycles. The van der Waals surface area contributed by atoms with Crippen molar-refractivity contribution in [3.05, 3.63) is 60.2 Å². The molecule has 1 fully saturated rings. The molecule has 0 aromatic heterocycles. The summed E-state index contributed by atoms with van der Waals surface area (Å²) >= 11 is 0. The zero-order chi connectivity index (χ0) is 21.2. The minimum Gasteiger partial charge on any atom is -0.368 e. The monoisotopic (exact) mass is 423 g/mol. The third kappa shape index (κ3) is 6.07. The van der Waals surface area contributed by atoms with E-state index in [0.717, 1.165) is 49.0 Å². The summed E-state index contributed by atoms with van der Waals surface area (Å²) in [5.74, 6) is 1.25. The standard InChI is InChI=1S/C23H29N5OS/c1-2-25-23(26-14-16-30(29)21-11-4-3-5-12-21)27-20-10-8-15-28(18-20)22-13-7-6-9-19(22)17-24/h3-7,9,11-13,20H,2,8,10,14-16,18H2,1H3,(H2,25,26,27). The maximum absolute atomic E-state index is 12.4. The number of nitriles is 1. The number of hydrogen-bond acceptors (Lipinski definition) is 4. The number of nitrogens with one attached hydrogen (secondary N) is 2. The summed E-state index contributed by atoms with van der Waals surface area (Å²) in [5, 5.41) is 16.2. The van der Waals surface area contributed by atoms with Gasteiger partial charge >= 0.3 is 0 Å². The minimum atomic E-state index is -1.05. The van der Waals surface area contributed by atoms with Crippen molar-refractivity contribution in [2.45, 2.75) is 30.7 Å². The molecule has 2 unspecified atom stereocenters. The van der Waals surface area contributed by atoms with Gasteiger partial charge in [-0.3, -0.25) is 9.20 Å². The third-order valence-corrected chi connectivity index (χ3v) is 6.38. The second-order valence-electron chi connectivity index (χ2n) is 7.18. The lowest BCUT2D eigenvalue weighted by Gasteiger charge is -2.35. The van der Waals surface area contributed by atoms with E-state index in [1.807, 2.05) is 61.5 Å². The van der Waals surface area contributed by atoms with Crippen molar-refractivity contribution < 1.29 is 4.21 Å². The van der Waals surface area contributed by atoms with Gasteiger partial charge in [0.05, 0.1) is 28.6 Å². The molecule has 2 aromatic rings. The first-order chi connectivity index (χ1) is 14.7. The Labute approximate surface area is 181 Å². The zero-order valence-corrected chi connectivity index (χ0v) is 18.2. The summed E-state index contributed by atoms with van der Waals surface area (Å²) in [6, 6.07) is 19.8. The molecule has 6 nitrogen and oxygen atoms in total. The molecule has 0 bridgehead atoms. The quantitative estimate of drug-likeness (QED) is 0.529. The van der Waals surface area contributed by atoms with E-state index in [2.05, 4.69) is 26.6 Å². The van der Waals surface area contributed by atoms with Crippen LogP contribution in [0.15, 0.2) is 64.5 Å². The SMILES string of the molecule is CCNC(=NCCS(=O)c1ccccc1)NC1CCCN(c2ccccc2C#N)C1. The van der Waals surface area contributed by atoms with Crippen LogP contribution >= 0.6 is 0 Å². The van der Waals surface area contributed by atoms with E-state index in [1.54, 1.807) is 0 Å². The van der Waals surface area contributed by atoms with Crippen LogP contribution in [0.3, 0.4) is 0 Å². The van der Waals surface area contributed by atoms with Crippen LogP contribution in [0.25, 0.3) is 0 Å². The number of anilines is 1. The number of hydrogen-bond donors (Lipinski definition) is 2. The second-order valence-corrected chi connectivity index (χ2v) is 8.75. The summed E-state index contributed by atoms with van der Waals surface area (Å²) in [6.07, 6.45) is 2.10. The van der Waals surface area contributed by atoms with E-state index in [1.165, 1.54) is 0 Å². The van der Waals surface area contributed by atoms with Crippen molar-refractivity contribution in [3.8, 4) is 6.07 Å². The maximum Gasteiger partial charge on any atom is 0.191 e. The van der Waals surface area contributed by atoms with Gasteiger partial charge in [-0.25, -0.2) is 0 Å². The zero-order valence-electron chi connectivity index (χ0n) is 17.4. The van der Waals surface area contributed by atoms with Gasteiger partial charge in [-0.1, -0.05) is 30.3 Å². The van der Waals surface area contributed by atoms with Crippen LogP contribution in [0, 0.1) is 11.3 Å². The first-order valence-electron chi connectivity index (χ1n) is 10.4. The van der Waals surface area contributed by atoms with E-state index >= 15 is 0 Å². The molecule has 0 radical (unpaired) electrons. The maximum atomic E-state index is 12.4. The highest BCUT2D eigenvalue weighted by Gasteiger charge is 2.22. The van der Waals surface area contributed by atoms with Crippen LogP contribution in [0.4, 0.5) is 5.69 Å². The van der Waals surface area contributed by atoms with Crippen LogP contribution in [0.1, 0.15) is 25.3 Å². The lowest BCUT2D eigenvalue weighted by Crippen LogP contribution is -2.51. The van der Waals surface area contributed by atoms with Crippen LogP contribution < -0.4 is 15.5 Å². The molecule has 7 heteroatoms. The molecule has 1 heterocycles. The molecule has 0 amide bonds. The van der Waals surface area contributed by atoms with Crippen molar-refractivity contribution in [3.63, 3.8) is 0 Å². The first-order valence-corrected chi connectivity index (χ1v) is 11.8. The fraction of sp³-hybridized carbons (Fsp3) is 0.391. The molecule has 0 spiro atoms. The van der Waals surface area contributed by atoms with Crippen LogP contribution in [0.5, 0.6) is 0 Å². The Kier molecular flexibility index (Phi) is 8.28. The molecule has 1 saturated heterocycles. The minimum absolute atomic E-state index is 0.239. The van der Waals surface area contributed by atoms with Gasteiger partial charge in [0.25, 0.3) is 0 Å². The van der Waals surface area contributed by atoms with Crippen molar-refractivity contribution in [1.82, 2.24) is 10.6 Å². The molecule has 0 aliphatic carbocycles. The average molecular weight is 424 g/mol. The van der Waals surface area contributed by atoms with Crippen LogP contribution in [0.2, 0.25) is 0 Å². The number of rotatable bonds is 7. The Balaban J connectivity index is 1.59. The topological polar surface area (TPSA) is 80.5 Å². The predicted octanol–water partition coefficient (Wildman–Crippen LogP) is 2.89. The fourth-order valence-electron chi connectivity index (χ4n) is 3.60. The summed E-state index contributed by atoms with van der Waals surface area (Å²) in [5.41, 5.74) is 1.70. The Morgan fingerprint density at radius 3 is 2.77 bits per heavy atom. The van der Waals surface area contributed by atoms with E-state index < -0.39 is 10.8 Å². The van der Waals surface area contributed by atoms with Gasteiger partial charge < -0.3 is 15.5 Å². The largest absolute Gasteiger partial charge is 0.368 e. The Morgan fingerprint density at radius 1 is 1.23 bits per heavy atom. The number of nitrogens with zero attached hydrogens (tertiary/aromatic N) is 3. The summed E-state index contributed by atoms with van der Waals surface area (Å²) in [6.45, 7) is 5.06. The summed E-state index contributed by atoms with van der Waals surface area (Å²) in [7, 11) is -1.05. The van der Waals surface area contributed by atoms with Gasteiger partial charge in [0.1, 0.15) is 6.07 Å². The van der Waals surface area contributed by atoms with Gasteiger partial charge in [-0.15, -0.1) is 0 Å². The van der Waals surface area contributed by atoms with E-state index in [0.29, 0.717) is 17.9 Å². The van der Waals surface area contributed by atoms with Gasteiger partial charge in [0, 0.05) is 36.3 Å². The average Bonchev–Trinajstić information content (AvgIpc) is 2.80. The Morgan fingerprint density at radius 2 is 2.00 bits per heavy atom. The van der Waals surface area contributed by atoms with Crippen molar-refractivity contribution in [2.24, 2.45) is 4.99 Å². The lowest BCUT2D eigenvalue weighted by molar-refractivity contribution is 0.468. The summed E-state index contributed by atoms with van der Waals surface area (Å²) in [4.78, 5) is 7.74. The highest BCUT2D eigenvalue weighted by atomic mass is 32.2. The van der Waals surface area contributed by atoms with Gasteiger partial charge in [0.15, 0.2) is 5.96 Å². The van der Waals surface area contributed by atoms with E-state index in [-0.39, 0.29) is 6.04 Å². The van der Waals surface area contributed by atoms with E-state index in [9.17, 15) is 9.47 Å². The third-order valence-electron chi connectivity index (χ3n) is 5.02. The van der Waals surface area contributed by atoms with Crippen LogP contribution in [-0.4, -0.2) is 48.1 Å². The number of benzene rings is 2. The highest BCUT2D eigenvalue weighted by Crippen LogP contribution is 2.23. The van der Waals surface area contributed by atoms with Crippen LogP contribution in [-0.2, 0) is 10.8 Å². The van der Waals surface area contributed by atoms with Crippen molar-refractivity contribution >= 4 is 22.4 Å². The normalized spacial score (nSPS) is 17.8. The lowest BCUT2D eigenvalue weighted by atomic mass is 10.0. The smallest absolute Gasteiger partial charge is 0.191 e. The van der Waals surface area contributed by atoms with Crippen molar-refractivity contribution in [1.29, 1.82) is 5.26 Å².